The maximum atomic E-state index is 13.1. The topological polar surface area (TPSA) is 91.0 Å². The summed E-state index contributed by atoms with van der Waals surface area (Å²) in [5, 5.41) is 10.0. The van der Waals surface area contributed by atoms with E-state index in [1.165, 1.54) is 10.4 Å². The van der Waals surface area contributed by atoms with E-state index in [9.17, 15) is 21.6 Å². The Hall–Kier alpha value is -2.92. The molecule has 0 aliphatic carbocycles. The summed E-state index contributed by atoms with van der Waals surface area (Å²) >= 11 is 0. The van der Waals surface area contributed by atoms with Gasteiger partial charge in [0, 0.05) is 36.5 Å². The molecule has 0 radical (unpaired) electrons. The molecule has 170 valence electrons. The lowest BCUT2D eigenvalue weighted by Gasteiger charge is -2.32. The highest BCUT2D eigenvalue weighted by molar-refractivity contribution is 7.89. The zero-order chi connectivity index (χ0) is 22.9. The minimum Gasteiger partial charge on any atom is -0.323 e. The van der Waals surface area contributed by atoms with Gasteiger partial charge in [-0.15, -0.1) is 0 Å². The monoisotopic (exact) mass is 465 g/mol. The SMILES string of the molecule is Cc1cc(Nc2cccc([C@H]3CCCN(S(=O)(=O)c4cccc(C(F)(F)F)c4)C3)n2)n[nH]1. The molecular formula is C21H22F3N5O2S. The molecule has 1 aromatic carbocycles. The van der Waals surface area contributed by atoms with Gasteiger partial charge in [0.25, 0.3) is 0 Å². The number of sulfonamides is 1. The summed E-state index contributed by atoms with van der Waals surface area (Å²) in [6, 6.07) is 11.1. The predicted octanol–water partition coefficient (Wildman–Crippen LogP) is 4.44. The second kappa shape index (κ2) is 8.55. The molecule has 1 saturated heterocycles. The quantitative estimate of drug-likeness (QED) is 0.581. The van der Waals surface area contributed by atoms with E-state index in [-0.39, 0.29) is 23.9 Å². The van der Waals surface area contributed by atoms with Crippen LogP contribution in [-0.4, -0.2) is 41.0 Å². The number of aromatic amines is 1. The van der Waals surface area contributed by atoms with Gasteiger partial charge in [0.1, 0.15) is 5.82 Å². The van der Waals surface area contributed by atoms with Crippen LogP contribution >= 0.6 is 0 Å². The number of aromatic nitrogens is 3. The van der Waals surface area contributed by atoms with Gasteiger partial charge in [-0.3, -0.25) is 5.10 Å². The molecule has 3 heterocycles. The molecule has 0 bridgehead atoms. The number of nitrogens with one attached hydrogen (secondary N) is 2. The van der Waals surface area contributed by atoms with Crippen molar-refractivity contribution < 1.29 is 21.6 Å². The predicted molar refractivity (Wildman–Crippen MR) is 113 cm³/mol. The van der Waals surface area contributed by atoms with Crippen molar-refractivity contribution in [2.45, 2.75) is 36.8 Å². The van der Waals surface area contributed by atoms with Crippen LogP contribution in [0.25, 0.3) is 0 Å². The van der Waals surface area contributed by atoms with Gasteiger partial charge in [-0.2, -0.15) is 22.6 Å². The lowest BCUT2D eigenvalue weighted by molar-refractivity contribution is -0.137. The number of anilines is 2. The van der Waals surface area contributed by atoms with Crippen LogP contribution < -0.4 is 5.32 Å². The normalized spacial score (nSPS) is 17.9. The van der Waals surface area contributed by atoms with Gasteiger partial charge in [-0.05, 0) is 50.1 Å². The molecule has 1 fully saturated rings. The summed E-state index contributed by atoms with van der Waals surface area (Å²) < 4.78 is 66.5. The fourth-order valence-electron chi connectivity index (χ4n) is 3.75. The van der Waals surface area contributed by atoms with Gasteiger partial charge in [0.2, 0.25) is 10.0 Å². The van der Waals surface area contributed by atoms with Gasteiger partial charge in [0.05, 0.1) is 10.5 Å². The van der Waals surface area contributed by atoms with Crippen molar-refractivity contribution in [1.82, 2.24) is 19.5 Å². The molecule has 32 heavy (non-hydrogen) atoms. The van der Waals surface area contributed by atoms with Crippen LogP contribution in [0.2, 0.25) is 0 Å². The van der Waals surface area contributed by atoms with Gasteiger partial charge in [-0.25, -0.2) is 13.4 Å². The Morgan fingerprint density at radius 3 is 2.62 bits per heavy atom. The Morgan fingerprint density at radius 1 is 1.12 bits per heavy atom. The molecule has 4 rings (SSSR count). The first-order chi connectivity index (χ1) is 15.1. The molecule has 2 N–H and O–H groups in total. The van der Waals surface area contributed by atoms with Crippen LogP contribution in [0.4, 0.5) is 24.8 Å². The molecule has 7 nitrogen and oxygen atoms in total. The molecule has 1 atom stereocenters. The smallest absolute Gasteiger partial charge is 0.323 e. The third kappa shape index (κ3) is 4.78. The number of halogens is 3. The van der Waals surface area contributed by atoms with E-state index in [4.69, 9.17) is 0 Å². The second-order valence-electron chi connectivity index (χ2n) is 7.74. The number of hydrogen-bond donors (Lipinski definition) is 2. The Kier molecular flexibility index (Phi) is 5.95. The highest BCUT2D eigenvalue weighted by Gasteiger charge is 2.35. The summed E-state index contributed by atoms with van der Waals surface area (Å²) in [5.74, 6) is 1.02. The Labute approximate surface area is 183 Å². The maximum absolute atomic E-state index is 13.1. The van der Waals surface area contributed by atoms with Crippen molar-refractivity contribution in [2.24, 2.45) is 0 Å². The van der Waals surface area contributed by atoms with Gasteiger partial charge < -0.3 is 5.32 Å². The number of alkyl halides is 3. The van der Waals surface area contributed by atoms with E-state index in [1.807, 2.05) is 25.1 Å². The average Bonchev–Trinajstić information content (AvgIpc) is 3.18. The molecule has 0 amide bonds. The number of nitrogens with zero attached hydrogens (tertiary/aromatic N) is 3. The van der Waals surface area contributed by atoms with Crippen molar-refractivity contribution in [1.29, 1.82) is 0 Å². The number of pyridine rings is 1. The molecule has 3 aromatic rings. The van der Waals surface area contributed by atoms with E-state index in [0.717, 1.165) is 24.2 Å². The van der Waals surface area contributed by atoms with E-state index in [1.54, 1.807) is 6.07 Å². The van der Waals surface area contributed by atoms with Gasteiger partial charge >= 0.3 is 6.18 Å². The van der Waals surface area contributed by atoms with Crippen molar-refractivity contribution in [3.8, 4) is 0 Å². The second-order valence-corrected chi connectivity index (χ2v) is 9.67. The Bertz CT molecular complexity index is 1210. The molecule has 0 spiro atoms. The molecule has 1 aliphatic heterocycles. The van der Waals surface area contributed by atoms with E-state index in [0.29, 0.717) is 29.8 Å². The standard InChI is InChI=1S/C21H22F3N5O2S/c1-14-11-20(28-27-14)26-19-9-3-8-18(25-19)15-5-4-10-29(13-15)32(30,31)17-7-2-6-16(12-17)21(22,23)24/h2-3,6-9,11-12,15H,4-5,10,13H2,1H3,(H2,25,26,27,28)/t15-/m0/s1. The molecular weight excluding hydrogens is 443 g/mol. The number of aryl methyl sites for hydroxylation is 1. The van der Waals surface area contributed by atoms with E-state index < -0.39 is 21.8 Å². The van der Waals surface area contributed by atoms with Crippen LogP contribution in [0.1, 0.15) is 35.7 Å². The Balaban J connectivity index is 1.54. The first-order valence-electron chi connectivity index (χ1n) is 10.1. The van der Waals surface area contributed by atoms with Crippen LogP contribution in [0.5, 0.6) is 0 Å². The third-order valence-electron chi connectivity index (χ3n) is 5.33. The fraction of sp³-hybridized carbons (Fsp3) is 0.333. The molecule has 0 unspecified atom stereocenters. The minimum absolute atomic E-state index is 0.149. The van der Waals surface area contributed by atoms with Crippen LogP contribution in [0.15, 0.2) is 53.4 Å². The first-order valence-corrected chi connectivity index (χ1v) is 11.5. The van der Waals surface area contributed by atoms with Crippen molar-refractivity contribution in [3.63, 3.8) is 0 Å². The lowest BCUT2D eigenvalue weighted by Crippen LogP contribution is -2.39. The first kappa shape index (κ1) is 22.3. The minimum atomic E-state index is -4.61. The number of H-pyrrole nitrogens is 1. The summed E-state index contributed by atoms with van der Waals surface area (Å²) in [5.41, 5.74) is 0.624. The number of hydrogen-bond acceptors (Lipinski definition) is 5. The summed E-state index contributed by atoms with van der Waals surface area (Å²) in [6.45, 7) is 2.28. The van der Waals surface area contributed by atoms with Crippen molar-refractivity contribution in [2.75, 3.05) is 18.4 Å². The zero-order valence-corrected chi connectivity index (χ0v) is 18.0. The largest absolute Gasteiger partial charge is 0.416 e. The summed E-state index contributed by atoms with van der Waals surface area (Å²) in [7, 11) is -4.07. The fourth-order valence-corrected chi connectivity index (χ4v) is 5.32. The summed E-state index contributed by atoms with van der Waals surface area (Å²) in [4.78, 5) is 4.25. The summed E-state index contributed by atoms with van der Waals surface area (Å²) in [6.07, 6.45) is -3.30. The van der Waals surface area contributed by atoms with E-state index >= 15 is 0 Å². The van der Waals surface area contributed by atoms with Gasteiger partial charge in [0.15, 0.2) is 5.82 Å². The van der Waals surface area contributed by atoms with Crippen molar-refractivity contribution >= 4 is 21.7 Å². The van der Waals surface area contributed by atoms with Crippen molar-refractivity contribution in [3.05, 3.63) is 65.5 Å². The highest BCUT2D eigenvalue weighted by atomic mass is 32.2. The highest BCUT2D eigenvalue weighted by Crippen LogP contribution is 2.33. The van der Waals surface area contributed by atoms with Gasteiger partial charge in [-0.1, -0.05) is 12.1 Å². The number of benzene rings is 1. The average molecular weight is 466 g/mol. The maximum Gasteiger partial charge on any atom is 0.416 e. The third-order valence-corrected chi connectivity index (χ3v) is 7.20. The van der Waals surface area contributed by atoms with Crippen LogP contribution in [0, 0.1) is 6.92 Å². The molecule has 0 saturated carbocycles. The Morgan fingerprint density at radius 2 is 1.91 bits per heavy atom. The van der Waals surface area contributed by atoms with E-state index in [2.05, 4.69) is 20.5 Å². The van der Waals surface area contributed by atoms with Crippen LogP contribution in [0.3, 0.4) is 0 Å². The molecule has 1 aliphatic rings. The lowest BCUT2D eigenvalue weighted by atomic mass is 9.95. The number of rotatable bonds is 5. The molecule has 11 heteroatoms. The number of piperidine rings is 1. The van der Waals surface area contributed by atoms with Crippen LogP contribution in [-0.2, 0) is 16.2 Å². The zero-order valence-electron chi connectivity index (χ0n) is 17.2. The molecule has 2 aromatic heterocycles.